The van der Waals surface area contributed by atoms with Crippen molar-refractivity contribution in [2.45, 2.75) is 0 Å². The molecule has 0 fully saturated rings. The quantitative estimate of drug-likeness (QED) is 0.606. The number of carbonyl (C=O) groups excluding carboxylic acids is 2. The molecule has 0 aromatic heterocycles. The molecule has 1 aliphatic rings. The number of rotatable bonds is 5. The van der Waals surface area contributed by atoms with Crippen LogP contribution in [0.25, 0.3) is 5.57 Å². The summed E-state index contributed by atoms with van der Waals surface area (Å²) < 4.78 is 0. The molecule has 0 atom stereocenters. The van der Waals surface area contributed by atoms with Crippen LogP contribution in [0.4, 0.5) is 17.1 Å². The number of nitrogens with zero attached hydrogens (tertiary/aromatic N) is 2. The second-order valence-electron chi connectivity index (χ2n) is 7.10. The summed E-state index contributed by atoms with van der Waals surface area (Å²) in [6.07, 6.45) is 0. The highest BCUT2D eigenvalue weighted by molar-refractivity contribution is 6.46. The van der Waals surface area contributed by atoms with Crippen LogP contribution >= 0.6 is 11.6 Å². The molecule has 30 heavy (non-hydrogen) atoms. The van der Waals surface area contributed by atoms with E-state index in [0.717, 1.165) is 11.4 Å². The van der Waals surface area contributed by atoms with Gasteiger partial charge in [-0.15, -0.1) is 0 Å². The molecular formula is C24H20ClN3O2. The molecule has 0 spiro atoms. The Kier molecular flexibility index (Phi) is 5.29. The van der Waals surface area contributed by atoms with Crippen LogP contribution in [0.1, 0.15) is 5.56 Å². The molecule has 1 heterocycles. The van der Waals surface area contributed by atoms with Gasteiger partial charge in [-0.25, -0.2) is 4.90 Å². The molecule has 1 aliphatic heterocycles. The minimum absolute atomic E-state index is 0.249. The van der Waals surface area contributed by atoms with Crippen LogP contribution in [0.3, 0.4) is 0 Å². The highest BCUT2D eigenvalue weighted by atomic mass is 35.5. The van der Waals surface area contributed by atoms with E-state index in [2.05, 4.69) is 5.32 Å². The molecule has 6 heteroatoms. The Morgan fingerprint density at radius 1 is 0.800 bits per heavy atom. The van der Waals surface area contributed by atoms with E-state index in [9.17, 15) is 9.59 Å². The predicted octanol–water partition coefficient (Wildman–Crippen LogP) is 4.80. The highest BCUT2D eigenvalue weighted by Gasteiger charge is 2.40. The highest BCUT2D eigenvalue weighted by Crippen LogP contribution is 2.34. The van der Waals surface area contributed by atoms with E-state index >= 15 is 0 Å². The molecule has 3 aromatic carbocycles. The molecule has 0 saturated heterocycles. The summed E-state index contributed by atoms with van der Waals surface area (Å²) >= 11 is 5.97. The van der Waals surface area contributed by atoms with Crippen LogP contribution in [0.2, 0.25) is 5.02 Å². The first-order valence-corrected chi connectivity index (χ1v) is 9.82. The Morgan fingerprint density at radius 3 is 2.03 bits per heavy atom. The lowest BCUT2D eigenvalue weighted by Crippen LogP contribution is -2.32. The average Bonchev–Trinajstić information content (AvgIpc) is 2.99. The lowest BCUT2D eigenvalue weighted by molar-refractivity contribution is -0.120. The van der Waals surface area contributed by atoms with Gasteiger partial charge in [-0.1, -0.05) is 41.9 Å². The molecular weight excluding hydrogens is 398 g/mol. The van der Waals surface area contributed by atoms with Crippen molar-refractivity contribution < 1.29 is 9.59 Å². The van der Waals surface area contributed by atoms with Gasteiger partial charge in [0.05, 0.1) is 11.3 Å². The molecule has 1 N–H and O–H groups in total. The van der Waals surface area contributed by atoms with Crippen molar-refractivity contribution in [2.24, 2.45) is 0 Å². The van der Waals surface area contributed by atoms with E-state index in [-0.39, 0.29) is 11.6 Å². The topological polar surface area (TPSA) is 52.7 Å². The van der Waals surface area contributed by atoms with Crippen LogP contribution in [-0.4, -0.2) is 25.9 Å². The SMILES string of the molecule is CN(C)c1ccc(NC2=C(c3ccccc3)C(=O)N(c3ccc(Cl)cc3)C2=O)cc1. The molecule has 2 amide bonds. The number of nitrogens with one attached hydrogen (secondary N) is 1. The minimum Gasteiger partial charge on any atom is -0.378 e. The van der Waals surface area contributed by atoms with Gasteiger partial charge in [-0.05, 0) is 54.1 Å². The zero-order valence-corrected chi connectivity index (χ0v) is 17.4. The molecule has 150 valence electrons. The number of hydrogen-bond acceptors (Lipinski definition) is 4. The van der Waals surface area contributed by atoms with Crippen LogP contribution < -0.4 is 15.1 Å². The Bertz CT molecular complexity index is 1120. The summed E-state index contributed by atoms with van der Waals surface area (Å²) in [6.45, 7) is 0. The molecule has 3 aromatic rings. The number of hydrogen-bond donors (Lipinski definition) is 1. The normalized spacial score (nSPS) is 13.8. The van der Waals surface area contributed by atoms with Gasteiger partial charge < -0.3 is 10.2 Å². The summed E-state index contributed by atoms with van der Waals surface area (Å²) in [5, 5.41) is 3.71. The Hall–Kier alpha value is -3.57. The molecule has 0 saturated carbocycles. The van der Waals surface area contributed by atoms with E-state index in [1.54, 1.807) is 24.3 Å². The van der Waals surface area contributed by atoms with Gasteiger partial charge in [0.2, 0.25) is 0 Å². The third kappa shape index (κ3) is 3.67. The first-order chi connectivity index (χ1) is 14.5. The lowest BCUT2D eigenvalue weighted by Gasteiger charge is -2.16. The number of imide groups is 1. The van der Waals surface area contributed by atoms with E-state index in [1.807, 2.05) is 73.6 Å². The Labute approximate surface area is 180 Å². The van der Waals surface area contributed by atoms with Gasteiger partial charge in [0.15, 0.2) is 0 Å². The van der Waals surface area contributed by atoms with Gasteiger partial charge in [0, 0.05) is 30.5 Å². The first kappa shape index (κ1) is 19.7. The summed E-state index contributed by atoms with van der Waals surface area (Å²) in [7, 11) is 3.92. The summed E-state index contributed by atoms with van der Waals surface area (Å²) in [5.74, 6) is -0.779. The van der Waals surface area contributed by atoms with Crippen molar-refractivity contribution in [3.8, 4) is 0 Å². The first-order valence-electron chi connectivity index (χ1n) is 9.44. The van der Waals surface area contributed by atoms with Crippen molar-refractivity contribution >= 4 is 46.1 Å². The fourth-order valence-electron chi connectivity index (χ4n) is 3.33. The molecule has 0 unspecified atom stereocenters. The maximum Gasteiger partial charge on any atom is 0.282 e. The maximum atomic E-state index is 13.3. The van der Waals surface area contributed by atoms with Crippen molar-refractivity contribution in [1.29, 1.82) is 0 Å². The van der Waals surface area contributed by atoms with Crippen LogP contribution in [0, 0.1) is 0 Å². The molecule has 4 rings (SSSR count). The Morgan fingerprint density at radius 2 is 1.43 bits per heavy atom. The van der Waals surface area contributed by atoms with Crippen LogP contribution in [0.5, 0.6) is 0 Å². The molecule has 0 radical (unpaired) electrons. The van der Waals surface area contributed by atoms with Crippen molar-refractivity contribution in [2.75, 3.05) is 29.2 Å². The number of halogens is 1. The smallest absolute Gasteiger partial charge is 0.282 e. The monoisotopic (exact) mass is 417 g/mol. The van der Waals surface area contributed by atoms with Crippen molar-refractivity contribution in [3.63, 3.8) is 0 Å². The zero-order valence-electron chi connectivity index (χ0n) is 16.6. The minimum atomic E-state index is -0.405. The number of benzene rings is 3. The zero-order chi connectivity index (χ0) is 21.3. The third-order valence-electron chi connectivity index (χ3n) is 4.88. The molecule has 0 bridgehead atoms. The number of amides is 2. The number of anilines is 3. The van der Waals surface area contributed by atoms with E-state index in [4.69, 9.17) is 11.6 Å². The third-order valence-corrected chi connectivity index (χ3v) is 5.14. The number of carbonyl (C=O) groups is 2. The predicted molar refractivity (Wildman–Crippen MR) is 122 cm³/mol. The molecule has 0 aliphatic carbocycles. The van der Waals surface area contributed by atoms with E-state index < -0.39 is 5.91 Å². The lowest BCUT2D eigenvalue weighted by atomic mass is 10.0. The van der Waals surface area contributed by atoms with E-state index in [1.165, 1.54) is 4.90 Å². The second-order valence-corrected chi connectivity index (χ2v) is 7.54. The van der Waals surface area contributed by atoms with Gasteiger partial charge >= 0.3 is 0 Å². The van der Waals surface area contributed by atoms with Gasteiger partial charge in [-0.2, -0.15) is 0 Å². The maximum absolute atomic E-state index is 13.3. The second kappa shape index (κ2) is 8.05. The van der Waals surface area contributed by atoms with Gasteiger partial charge in [0.25, 0.3) is 11.8 Å². The van der Waals surface area contributed by atoms with Crippen LogP contribution in [-0.2, 0) is 9.59 Å². The fraction of sp³-hybridized carbons (Fsp3) is 0.0833. The van der Waals surface area contributed by atoms with Crippen LogP contribution in [0.15, 0.2) is 84.6 Å². The van der Waals surface area contributed by atoms with Gasteiger partial charge in [-0.3, -0.25) is 9.59 Å². The Balaban J connectivity index is 1.76. The standard InChI is InChI=1S/C24H20ClN3O2/c1-27(2)19-14-10-18(11-15-19)26-22-21(16-6-4-3-5-7-16)23(29)28(24(22)30)20-12-8-17(25)9-13-20/h3-15,26H,1-2H3. The summed E-state index contributed by atoms with van der Waals surface area (Å²) in [6, 6.07) is 23.5. The van der Waals surface area contributed by atoms with Crippen molar-refractivity contribution in [1.82, 2.24) is 0 Å². The molecule has 5 nitrogen and oxygen atoms in total. The van der Waals surface area contributed by atoms with Crippen molar-refractivity contribution in [3.05, 3.63) is 95.1 Å². The average molecular weight is 418 g/mol. The summed E-state index contributed by atoms with van der Waals surface area (Å²) in [4.78, 5) is 29.8. The van der Waals surface area contributed by atoms with Gasteiger partial charge in [0.1, 0.15) is 5.70 Å². The fourth-order valence-corrected chi connectivity index (χ4v) is 3.46. The largest absolute Gasteiger partial charge is 0.378 e. The summed E-state index contributed by atoms with van der Waals surface area (Å²) in [5.41, 5.74) is 3.51. The van der Waals surface area contributed by atoms with E-state index in [0.29, 0.717) is 21.8 Å².